The van der Waals surface area contributed by atoms with Crippen molar-refractivity contribution in [3.8, 4) is 5.75 Å². The molecule has 0 spiro atoms. The van der Waals surface area contributed by atoms with E-state index in [-0.39, 0.29) is 87.2 Å². The molecule has 8 atom stereocenters. The molecule has 1 fully saturated rings. The number of hydrogen-bond acceptors (Lipinski definition) is 14. The second kappa shape index (κ2) is 31.0. The van der Waals surface area contributed by atoms with Gasteiger partial charge >= 0.3 is 5.97 Å². The number of carbonyl (C=O) groups excluding carboxylic acids is 9. The highest BCUT2D eigenvalue weighted by Gasteiger charge is 2.40. The summed E-state index contributed by atoms with van der Waals surface area (Å²) in [6.45, 7) is 10.4. The first-order valence-corrected chi connectivity index (χ1v) is 25.9. The van der Waals surface area contributed by atoms with Gasteiger partial charge in [-0.05, 0) is 92.4 Å². The van der Waals surface area contributed by atoms with Gasteiger partial charge in [0, 0.05) is 25.1 Å². The molecule has 71 heavy (non-hydrogen) atoms. The van der Waals surface area contributed by atoms with Crippen molar-refractivity contribution in [3.63, 3.8) is 0 Å². The maximum absolute atomic E-state index is 14.3. The van der Waals surface area contributed by atoms with Crippen LogP contribution in [0.5, 0.6) is 5.75 Å². The molecule has 398 valence electrons. The second-order valence-electron chi connectivity index (χ2n) is 19.0. The van der Waals surface area contributed by atoms with Crippen LogP contribution < -0.4 is 48.7 Å². The largest absolute Gasteiger partial charge is 0.508 e. The van der Waals surface area contributed by atoms with Gasteiger partial charge in [0.2, 0.25) is 53.2 Å². The van der Waals surface area contributed by atoms with Gasteiger partial charge in [-0.2, -0.15) is 24.4 Å². The molecule has 22 nitrogen and oxygen atoms in total. The highest BCUT2D eigenvalue weighted by molar-refractivity contribution is 7.98. The second-order valence-corrected chi connectivity index (χ2v) is 20.4. The third-order valence-corrected chi connectivity index (χ3v) is 12.4. The molecule has 9 amide bonds. The number of nitrogens with two attached hydrogens (primary N) is 2. The van der Waals surface area contributed by atoms with Gasteiger partial charge in [-0.15, -0.1) is 0 Å². The van der Waals surface area contributed by atoms with Crippen molar-refractivity contribution >= 4 is 83.5 Å². The zero-order chi connectivity index (χ0) is 53.5. The van der Waals surface area contributed by atoms with Gasteiger partial charge in [-0.1, -0.05) is 53.7 Å². The number of rotatable bonds is 31. The molecule has 1 heterocycles. The molecule has 1 aromatic rings. The SMILES string of the molecule is CSCC[C@H](NC(=O)[C@H](CC(C)C)NC(=O)[C@@H](N)CCC(N)=O)C(=O)N1CCC[C@H]1C(=O)N[C@@H](Cc1ccc(O)cc1)C(=O)NCC(=O)N[C@@H](CS)C(=O)N[C@@H](CC(C)C)C(=O)N[C@@H](CC(C)C)C(=O)O. The number of hydrogen-bond donors (Lipinski definition) is 12. The predicted octanol–water partition coefficient (Wildman–Crippen LogP) is -0.551. The first kappa shape index (κ1) is 61.5. The van der Waals surface area contributed by atoms with Gasteiger partial charge in [0.15, 0.2) is 0 Å². The summed E-state index contributed by atoms with van der Waals surface area (Å²) in [7, 11) is 0. The lowest BCUT2D eigenvalue weighted by Crippen LogP contribution is -2.59. The average molecular weight is 1040 g/mol. The van der Waals surface area contributed by atoms with Gasteiger partial charge in [-0.3, -0.25) is 43.2 Å². The number of thioether (sulfide) groups is 1. The fraction of sp³-hybridized carbons (Fsp3) is 0.660. The normalized spacial score (nSPS) is 16.4. The van der Waals surface area contributed by atoms with Crippen LogP contribution in [0.15, 0.2) is 24.3 Å². The average Bonchev–Trinajstić information content (AvgIpc) is 3.80. The maximum atomic E-state index is 14.3. The molecule has 1 aliphatic heterocycles. The van der Waals surface area contributed by atoms with Gasteiger partial charge in [0.25, 0.3) is 0 Å². The quantitative estimate of drug-likeness (QED) is 0.0416. The number of aliphatic carboxylic acids is 1. The lowest BCUT2D eigenvalue weighted by Gasteiger charge is -2.31. The van der Waals surface area contributed by atoms with Crippen LogP contribution in [0.2, 0.25) is 0 Å². The number of carbonyl (C=O) groups is 10. The molecule has 1 aromatic carbocycles. The number of primary amides is 1. The van der Waals surface area contributed by atoms with Crippen LogP contribution in [-0.4, -0.2) is 153 Å². The fourth-order valence-electron chi connectivity index (χ4n) is 7.69. The smallest absolute Gasteiger partial charge is 0.326 e. The van der Waals surface area contributed by atoms with Crippen molar-refractivity contribution < 1.29 is 58.2 Å². The Morgan fingerprint density at radius 2 is 1.23 bits per heavy atom. The van der Waals surface area contributed by atoms with E-state index in [1.807, 2.05) is 47.8 Å². The lowest BCUT2D eigenvalue weighted by molar-refractivity contribution is -0.143. The van der Waals surface area contributed by atoms with Crippen molar-refractivity contribution in [2.24, 2.45) is 29.2 Å². The Labute approximate surface area is 425 Å². The van der Waals surface area contributed by atoms with Gasteiger partial charge in [0.1, 0.15) is 48.0 Å². The third kappa shape index (κ3) is 22.1. The van der Waals surface area contributed by atoms with E-state index in [1.54, 1.807) is 0 Å². The standard InChI is InChI=1S/C47H76N10O12S2/c1-25(2)19-32(53-40(61)30(48)14-15-38(49)59)42(63)52-31(16-18-71-7)46(67)57-17-8-9-37(57)45(66)55-34(22-28-10-12-29(58)13-11-28)41(62)50-23-39(60)51-36(24-70)44(65)54-33(20-26(3)4)43(64)56-35(47(68)69)21-27(5)6/h10-13,25-27,30-37,58,70H,8-9,14-24,48H2,1-7H3,(H2,49,59)(H,50,62)(H,51,60)(H,52,63)(H,53,61)(H,54,65)(H,55,66)(H,56,64)(H,68,69)/t30-,31-,32-,33-,34-,35-,36-,37-/m0/s1. The number of phenols is 1. The predicted molar refractivity (Wildman–Crippen MR) is 270 cm³/mol. The van der Waals surface area contributed by atoms with E-state index < -0.39 is 114 Å². The Hall–Kier alpha value is -5.62. The van der Waals surface area contributed by atoms with E-state index in [0.717, 1.165) is 0 Å². The molecule has 1 aliphatic rings. The van der Waals surface area contributed by atoms with Crippen molar-refractivity contribution in [2.75, 3.05) is 30.9 Å². The number of nitrogens with one attached hydrogen (secondary N) is 7. The minimum absolute atomic E-state index is 0.0311. The number of carboxylic acid groups (broad SMARTS) is 1. The Kier molecular flexibility index (Phi) is 26.8. The topological polar surface area (TPSA) is 351 Å². The summed E-state index contributed by atoms with van der Waals surface area (Å²) in [4.78, 5) is 133. The number of aromatic hydroxyl groups is 1. The number of likely N-dealkylation sites (tertiary alicyclic amines) is 1. The Balaban J connectivity index is 2.26. The summed E-state index contributed by atoms with van der Waals surface area (Å²) in [6, 6.07) is -3.42. The summed E-state index contributed by atoms with van der Waals surface area (Å²) in [5.74, 6) is -7.53. The Bertz CT molecular complexity index is 1990. The number of phenolic OH excluding ortho intramolecular Hbond substituents is 1. The molecule has 0 radical (unpaired) electrons. The summed E-state index contributed by atoms with van der Waals surface area (Å²) in [5.41, 5.74) is 11.7. The Morgan fingerprint density at radius 1 is 0.704 bits per heavy atom. The summed E-state index contributed by atoms with van der Waals surface area (Å²) < 4.78 is 0. The van der Waals surface area contributed by atoms with Crippen LogP contribution in [0.3, 0.4) is 0 Å². The molecule has 24 heteroatoms. The van der Waals surface area contributed by atoms with E-state index in [0.29, 0.717) is 17.7 Å². The molecule has 0 saturated carbocycles. The Morgan fingerprint density at radius 3 is 1.75 bits per heavy atom. The van der Waals surface area contributed by atoms with Crippen LogP contribution in [0, 0.1) is 17.8 Å². The van der Waals surface area contributed by atoms with E-state index in [9.17, 15) is 58.2 Å². The van der Waals surface area contributed by atoms with Crippen molar-refractivity contribution in [2.45, 2.75) is 148 Å². The van der Waals surface area contributed by atoms with Crippen molar-refractivity contribution in [1.82, 2.24) is 42.1 Å². The molecular formula is C47H76N10O12S2. The van der Waals surface area contributed by atoms with Crippen molar-refractivity contribution in [1.29, 1.82) is 0 Å². The van der Waals surface area contributed by atoms with Crippen LogP contribution in [0.4, 0.5) is 0 Å². The molecule has 13 N–H and O–H groups in total. The monoisotopic (exact) mass is 1040 g/mol. The summed E-state index contributed by atoms with van der Waals surface area (Å²) >= 11 is 5.64. The van der Waals surface area contributed by atoms with Crippen LogP contribution >= 0.6 is 24.4 Å². The van der Waals surface area contributed by atoms with E-state index in [2.05, 4.69) is 49.8 Å². The van der Waals surface area contributed by atoms with E-state index >= 15 is 0 Å². The number of thiol groups is 1. The molecule has 2 rings (SSSR count). The summed E-state index contributed by atoms with van der Waals surface area (Å²) in [6.07, 6.45) is 2.89. The maximum Gasteiger partial charge on any atom is 0.326 e. The van der Waals surface area contributed by atoms with Crippen LogP contribution in [0.25, 0.3) is 0 Å². The third-order valence-electron chi connectivity index (χ3n) is 11.4. The fourth-order valence-corrected chi connectivity index (χ4v) is 8.42. The molecular weight excluding hydrogens is 961 g/mol. The molecule has 0 aliphatic carbocycles. The number of amides is 9. The molecule has 0 bridgehead atoms. The zero-order valence-corrected chi connectivity index (χ0v) is 43.5. The first-order valence-electron chi connectivity index (χ1n) is 23.9. The van der Waals surface area contributed by atoms with Crippen LogP contribution in [-0.2, 0) is 54.4 Å². The van der Waals surface area contributed by atoms with Gasteiger partial charge in [0.05, 0.1) is 12.6 Å². The number of benzene rings is 1. The minimum Gasteiger partial charge on any atom is -0.508 e. The van der Waals surface area contributed by atoms with E-state index in [1.165, 1.54) is 40.9 Å². The first-order chi connectivity index (χ1) is 33.4. The van der Waals surface area contributed by atoms with E-state index in [4.69, 9.17) is 11.5 Å². The zero-order valence-electron chi connectivity index (χ0n) is 41.8. The highest BCUT2D eigenvalue weighted by Crippen LogP contribution is 2.21. The van der Waals surface area contributed by atoms with Gasteiger partial charge < -0.3 is 63.8 Å². The summed E-state index contributed by atoms with van der Waals surface area (Å²) in [5, 5.41) is 37.7. The number of carboxylic acids is 1. The van der Waals surface area contributed by atoms with Crippen molar-refractivity contribution in [3.05, 3.63) is 29.8 Å². The number of nitrogens with zero attached hydrogens (tertiary/aromatic N) is 1. The van der Waals surface area contributed by atoms with Crippen LogP contribution in [0.1, 0.15) is 98.5 Å². The molecule has 0 aromatic heterocycles. The lowest BCUT2D eigenvalue weighted by atomic mass is 10.0. The highest BCUT2D eigenvalue weighted by atomic mass is 32.2. The molecule has 0 unspecified atom stereocenters. The minimum atomic E-state index is -1.32. The van der Waals surface area contributed by atoms with Gasteiger partial charge in [-0.25, -0.2) is 4.79 Å². The molecule has 1 saturated heterocycles.